The average Bonchev–Trinajstić information content (AvgIpc) is 3.22. The second kappa shape index (κ2) is 7.99. The van der Waals surface area contributed by atoms with E-state index in [2.05, 4.69) is 30.4 Å². The SMILES string of the molecule is CCOc1ccc(CNC(=O)C2CN(c3cc(-n4cncn4)ncn3)C2)cn1. The topological polar surface area (TPSA) is 111 Å². The third kappa shape index (κ3) is 3.90. The van der Waals surface area contributed by atoms with Gasteiger partial charge in [0, 0.05) is 38.0 Å². The number of hydrogen-bond acceptors (Lipinski definition) is 8. The molecule has 0 spiro atoms. The van der Waals surface area contributed by atoms with Crippen molar-refractivity contribution in [3.8, 4) is 11.7 Å². The van der Waals surface area contributed by atoms with Crippen LogP contribution in [-0.2, 0) is 11.3 Å². The first kappa shape index (κ1) is 17.8. The van der Waals surface area contributed by atoms with Gasteiger partial charge in [-0.25, -0.2) is 24.6 Å². The number of nitrogens with zero attached hydrogens (tertiary/aromatic N) is 7. The minimum atomic E-state index is -0.0690. The van der Waals surface area contributed by atoms with Gasteiger partial charge in [0.1, 0.15) is 24.8 Å². The van der Waals surface area contributed by atoms with E-state index < -0.39 is 0 Å². The van der Waals surface area contributed by atoms with E-state index in [0.29, 0.717) is 37.9 Å². The molecule has 10 heteroatoms. The summed E-state index contributed by atoms with van der Waals surface area (Å²) in [4.78, 5) is 31.0. The zero-order chi connectivity index (χ0) is 19.3. The fraction of sp³-hybridized carbons (Fsp3) is 0.333. The zero-order valence-electron chi connectivity index (χ0n) is 15.4. The van der Waals surface area contributed by atoms with Crippen LogP contribution in [0.5, 0.6) is 5.88 Å². The molecule has 144 valence electrons. The van der Waals surface area contributed by atoms with Gasteiger partial charge in [-0.15, -0.1) is 0 Å². The molecule has 1 amide bonds. The lowest BCUT2D eigenvalue weighted by Gasteiger charge is -2.39. The highest BCUT2D eigenvalue weighted by atomic mass is 16.5. The summed E-state index contributed by atoms with van der Waals surface area (Å²) in [5.74, 6) is 1.94. The number of anilines is 1. The minimum Gasteiger partial charge on any atom is -0.478 e. The number of hydrogen-bond donors (Lipinski definition) is 1. The molecule has 1 aliphatic heterocycles. The van der Waals surface area contributed by atoms with E-state index in [0.717, 1.165) is 11.4 Å². The van der Waals surface area contributed by atoms with Gasteiger partial charge in [0.05, 0.1) is 12.5 Å². The maximum atomic E-state index is 12.4. The quantitative estimate of drug-likeness (QED) is 0.634. The Balaban J connectivity index is 1.28. The van der Waals surface area contributed by atoms with Crippen LogP contribution in [0.2, 0.25) is 0 Å². The van der Waals surface area contributed by atoms with E-state index >= 15 is 0 Å². The Hall–Kier alpha value is -3.56. The predicted octanol–water partition coefficient (Wildman–Crippen LogP) is 0.604. The minimum absolute atomic E-state index is 0.0238. The van der Waals surface area contributed by atoms with Crippen molar-refractivity contribution >= 4 is 11.7 Å². The molecule has 4 rings (SSSR count). The maximum absolute atomic E-state index is 12.4. The number of nitrogens with one attached hydrogen (secondary N) is 1. The standard InChI is InChI=1S/C18H20N8O2/c1-2-28-17-4-3-13(6-20-17)7-21-18(27)14-8-25(9-14)15-5-16(23-11-22-15)26-12-19-10-24-26/h3-6,10-12,14H,2,7-9H2,1H3,(H,21,27). The van der Waals surface area contributed by atoms with Gasteiger partial charge < -0.3 is 15.0 Å². The molecule has 0 saturated carbocycles. The summed E-state index contributed by atoms with van der Waals surface area (Å²) in [7, 11) is 0. The Kier molecular flexibility index (Phi) is 5.09. The van der Waals surface area contributed by atoms with Crippen LogP contribution in [-0.4, -0.2) is 55.3 Å². The lowest BCUT2D eigenvalue weighted by molar-refractivity contribution is -0.125. The summed E-state index contributed by atoms with van der Waals surface area (Å²) in [5.41, 5.74) is 0.932. The molecule has 0 unspecified atom stereocenters. The molecule has 3 aromatic heterocycles. The van der Waals surface area contributed by atoms with Gasteiger partial charge in [-0.3, -0.25) is 4.79 Å². The number of pyridine rings is 1. The van der Waals surface area contributed by atoms with Crippen LogP contribution in [0, 0.1) is 5.92 Å². The maximum Gasteiger partial charge on any atom is 0.226 e. The summed E-state index contributed by atoms with van der Waals surface area (Å²) in [6, 6.07) is 5.53. The van der Waals surface area contributed by atoms with Crippen molar-refractivity contribution in [2.24, 2.45) is 5.92 Å². The van der Waals surface area contributed by atoms with E-state index in [1.54, 1.807) is 23.3 Å². The molecular formula is C18H20N8O2. The van der Waals surface area contributed by atoms with Crippen molar-refractivity contribution < 1.29 is 9.53 Å². The second-order valence-electron chi connectivity index (χ2n) is 6.33. The summed E-state index contributed by atoms with van der Waals surface area (Å²) < 4.78 is 6.88. The molecule has 1 N–H and O–H groups in total. The zero-order valence-corrected chi connectivity index (χ0v) is 15.4. The predicted molar refractivity (Wildman–Crippen MR) is 99.9 cm³/mol. The highest BCUT2D eigenvalue weighted by molar-refractivity contribution is 5.81. The molecule has 1 aliphatic rings. The summed E-state index contributed by atoms with van der Waals surface area (Å²) in [5, 5.41) is 7.02. The molecule has 0 aliphatic carbocycles. The van der Waals surface area contributed by atoms with E-state index in [1.807, 2.05) is 24.0 Å². The molecule has 1 saturated heterocycles. The normalized spacial score (nSPS) is 13.8. The van der Waals surface area contributed by atoms with E-state index in [-0.39, 0.29) is 11.8 Å². The Bertz CT molecular complexity index is 923. The lowest BCUT2D eigenvalue weighted by Crippen LogP contribution is -2.54. The highest BCUT2D eigenvalue weighted by Gasteiger charge is 2.33. The smallest absolute Gasteiger partial charge is 0.226 e. The van der Waals surface area contributed by atoms with Crippen molar-refractivity contribution in [3.05, 3.63) is 48.9 Å². The van der Waals surface area contributed by atoms with Crippen LogP contribution >= 0.6 is 0 Å². The average molecular weight is 380 g/mol. The van der Waals surface area contributed by atoms with Crippen LogP contribution in [0.25, 0.3) is 5.82 Å². The molecule has 0 aromatic carbocycles. The summed E-state index contributed by atoms with van der Waals surface area (Å²) in [6.07, 6.45) is 6.23. The first-order chi connectivity index (χ1) is 13.7. The lowest BCUT2D eigenvalue weighted by atomic mass is 9.99. The van der Waals surface area contributed by atoms with Crippen molar-refractivity contribution in [1.82, 2.24) is 35.0 Å². The number of amides is 1. The fourth-order valence-corrected chi connectivity index (χ4v) is 2.88. The monoisotopic (exact) mass is 380 g/mol. The van der Waals surface area contributed by atoms with Crippen molar-refractivity contribution in [2.45, 2.75) is 13.5 Å². The van der Waals surface area contributed by atoms with Crippen LogP contribution in [0.1, 0.15) is 12.5 Å². The number of carbonyl (C=O) groups is 1. The van der Waals surface area contributed by atoms with Gasteiger partial charge in [0.25, 0.3) is 0 Å². The third-order valence-electron chi connectivity index (χ3n) is 4.42. The van der Waals surface area contributed by atoms with Gasteiger partial charge in [-0.1, -0.05) is 6.07 Å². The van der Waals surface area contributed by atoms with Gasteiger partial charge in [0.2, 0.25) is 11.8 Å². The third-order valence-corrected chi connectivity index (χ3v) is 4.42. The number of ether oxygens (including phenoxy) is 1. The molecule has 0 atom stereocenters. The Morgan fingerprint density at radius 2 is 2.07 bits per heavy atom. The Labute approximate surface area is 161 Å². The van der Waals surface area contributed by atoms with Gasteiger partial charge >= 0.3 is 0 Å². The number of aromatic nitrogens is 6. The molecule has 0 radical (unpaired) electrons. The van der Waals surface area contributed by atoms with Crippen LogP contribution in [0.3, 0.4) is 0 Å². The first-order valence-corrected chi connectivity index (χ1v) is 9.00. The molecular weight excluding hydrogens is 360 g/mol. The van der Waals surface area contributed by atoms with Gasteiger partial charge in [-0.05, 0) is 12.5 Å². The Morgan fingerprint density at radius 1 is 1.21 bits per heavy atom. The van der Waals surface area contributed by atoms with Crippen LogP contribution < -0.4 is 15.0 Å². The van der Waals surface area contributed by atoms with E-state index in [9.17, 15) is 4.79 Å². The van der Waals surface area contributed by atoms with Gasteiger partial charge in [-0.2, -0.15) is 5.10 Å². The van der Waals surface area contributed by atoms with E-state index in [4.69, 9.17) is 4.74 Å². The van der Waals surface area contributed by atoms with Crippen LogP contribution in [0.4, 0.5) is 5.82 Å². The molecule has 4 heterocycles. The number of rotatable bonds is 7. The largest absolute Gasteiger partial charge is 0.478 e. The second-order valence-corrected chi connectivity index (χ2v) is 6.33. The van der Waals surface area contributed by atoms with Crippen LogP contribution in [0.15, 0.2) is 43.4 Å². The molecule has 1 fully saturated rings. The molecule has 3 aromatic rings. The number of carbonyl (C=O) groups excluding carboxylic acids is 1. The fourth-order valence-electron chi connectivity index (χ4n) is 2.88. The summed E-state index contributed by atoms with van der Waals surface area (Å²) >= 11 is 0. The van der Waals surface area contributed by atoms with E-state index in [1.165, 1.54) is 12.7 Å². The van der Waals surface area contributed by atoms with Gasteiger partial charge in [0.15, 0.2) is 5.82 Å². The van der Waals surface area contributed by atoms with Crippen molar-refractivity contribution in [3.63, 3.8) is 0 Å². The first-order valence-electron chi connectivity index (χ1n) is 9.00. The molecule has 28 heavy (non-hydrogen) atoms. The van der Waals surface area contributed by atoms with Crippen molar-refractivity contribution in [2.75, 3.05) is 24.6 Å². The highest BCUT2D eigenvalue weighted by Crippen LogP contribution is 2.23. The summed E-state index contributed by atoms with van der Waals surface area (Å²) in [6.45, 7) is 4.16. The van der Waals surface area contributed by atoms with Crippen molar-refractivity contribution in [1.29, 1.82) is 0 Å². The molecule has 10 nitrogen and oxygen atoms in total. The molecule has 0 bridgehead atoms. The Morgan fingerprint density at radius 3 is 2.79 bits per heavy atom.